The van der Waals surface area contributed by atoms with Crippen LogP contribution >= 0.6 is 0 Å². The van der Waals surface area contributed by atoms with Gasteiger partial charge in [-0.1, -0.05) is 12.1 Å². The lowest BCUT2D eigenvalue weighted by Gasteiger charge is -2.05. The van der Waals surface area contributed by atoms with E-state index in [2.05, 4.69) is 20.5 Å². The summed E-state index contributed by atoms with van der Waals surface area (Å²) in [6.45, 7) is 3.54. The highest BCUT2D eigenvalue weighted by Crippen LogP contribution is 2.18. The van der Waals surface area contributed by atoms with Crippen molar-refractivity contribution in [1.29, 1.82) is 0 Å². The number of carbonyl (C=O) groups is 1. The summed E-state index contributed by atoms with van der Waals surface area (Å²) >= 11 is 0. The van der Waals surface area contributed by atoms with Crippen molar-refractivity contribution in [3.8, 4) is 0 Å². The number of carbonyl (C=O) groups excluding carboxylic acids is 1. The molecule has 0 radical (unpaired) electrons. The molecule has 0 fully saturated rings. The highest BCUT2D eigenvalue weighted by molar-refractivity contribution is 6.02. The fourth-order valence-corrected chi connectivity index (χ4v) is 2.24. The Morgan fingerprint density at radius 2 is 2.13 bits per heavy atom. The van der Waals surface area contributed by atoms with Crippen LogP contribution in [0.2, 0.25) is 0 Å². The molecule has 5 nitrogen and oxygen atoms in total. The molecule has 0 unspecified atom stereocenters. The zero-order valence-corrected chi connectivity index (χ0v) is 12.7. The first-order chi connectivity index (χ1) is 11.0. The maximum Gasteiger partial charge on any atom is 0.248 e. The van der Waals surface area contributed by atoms with Gasteiger partial charge in [-0.15, -0.1) is 0 Å². The summed E-state index contributed by atoms with van der Waals surface area (Å²) in [5.41, 5.74) is 3.42. The Bertz CT molecular complexity index is 914. The smallest absolute Gasteiger partial charge is 0.248 e. The molecule has 0 atom stereocenters. The number of aromatic amines is 1. The molecule has 0 spiro atoms. The van der Waals surface area contributed by atoms with E-state index in [0.29, 0.717) is 11.3 Å². The van der Waals surface area contributed by atoms with E-state index in [-0.39, 0.29) is 5.91 Å². The molecule has 2 aromatic heterocycles. The third-order valence-corrected chi connectivity index (χ3v) is 3.61. The molecule has 0 saturated heterocycles. The Morgan fingerprint density at radius 1 is 1.30 bits per heavy atom. The minimum Gasteiger partial charge on any atom is -0.321 e. The Balaban J connectivity index is 1.75. The first kappa shape index (κ1) is 14.9. The van der Waals surface area contributed by atoms with Crippen LogP contribution in [0.1, 0.15) is 16.8 Å². The molecular weight excluding hydrogens is 295 g/mol. The Labute approximate surface area is 132 Å². The van der Waals surface area contributed by atoms with Gasteiger partial charge in [-0.3, -0.25) is 14.9 Å². The number of aromatic nitrogens is 3. The average molecular weight is 310 g/mol. The van der Waals surface area contributed by atoms with Crippen molar-refractivity contribution in [3.05, 3.63) is 59.3 Å². The molecule has 116 valence electrons. The molecule has 0 aliphatic heterocycles. The molecule has 0 aliphatic rings. The Morgan fingerprint density at radius 3 is 2.96 bits per heavy atom. The van der Waals surface area contributed by atoms with E-state index in [0.717, 1.165) is 28.4 Å². The van der Waals surface area contributed by atoms with E-state index >= 15 is 0 Å². The van der Waals surface area contributed by atoms with Gasteiger partial charge in [0.2, 0.25) is 5.91 Å². The lowest BCUT2D eigenvalue weighted by Crippen LogP contribution is -2.10. The summed E-state index contributed by atoms with van der Waals surface area (Å²) in [7, 11) is 0. The number of nitrogens with one attached hydrogen (secondary N) is 2. The maximum atomic E-state index is 13.4. The minimum absolute atomic E-state index is 0.348. The number of amides is 1. The first-order valence-electron chi connectivity index (χ1n) is 7.08. The van der Waals surface area contributed by atoms with Crippen LogP contribution in [0, 0.1) is 19.7 Å². The number of aryl methyl sites for hydroxylation is 1. The van der Waals surface area contributed by atoms with Crippen molar-refractivity contribution in [1.82, 2.24) is 15.2 Å². The standard InChI is InChI=1S/C17H15FN4O/c1-10-14(18)8-19-9-16(10)20-17(23)6-4-12-3-5-13-11(2)21-22-15(13)7-12/h3-9H,1-2H3,(H,20,23)(H,21,22)/b6-4+. The van der Waals surface area contributed by atoms with E-state index in [1.807, 2.05) is 25.1 Å². The molecular formula is C17H15FN4O. The van der Waals surface area contributed by atoms with Crippen molar-refractivity contribution in [3.63, 3.8) is 0 Å². The molecule has 2 heterocycles. The number of nitrogens with zero attached hydrogens (tertiary/aromatic N) is 2. The number of hydrogen-bond acceptors (Lipinski definition) is 3. The van der Waals surface area contributed by atoms with Gasteiger partial charge in [-0.2, -0.15) is 5.10 Å². The van der Waals surface area contributed by atoms with Crippen molar-refractivity contribution >= 4 is 28.6 Å². The van der Waals surface area contributed by atoms with Gasteiger partial charge in [-0.25, -0.2) is 4.39 Å². The summed E-state index contributed by atoms with van der Waals surface area (Å²) in [5.74, 6) is -0.801. The van der Waals surface area contributed by atoms with Crippen LogP contribution in [0.25, 0.3) is 17.0 Å². The van der Waals surface area contributed by atoms with Crippen molar-refractivity contribution < 1.29 is 9.18 Å². The summed E-state index contributed by atoms with van der Waals surface area (Å²) < 4.78 is 13.4. The first-order valence-corrected chi connectivity index (χ1v) is 7.08. The van der Waals surface area contributed by atoms with Crippen LogP contribution in [0.15, 0.2) is 36.7 Å². The van der Waals surface area contributed by atoms with Gasteiger partial charge < -0.3 is 5.32 Å². The summed E-state index contributed by atoms with van der Waals surface area (Å²) in [6.07, 6.45) is 5.61. The van der Waals surface area contributed by atoms with E-state index in [1.54, 1.807) is 13.0 Å². The molecule has 3 rings (SSSR count). The summed E-state index contributed by atoms with van der Waals surface area (Å²) in [5, 5.41) is 10.8. The number of fused-ring (bicyclic) bond motifs is 1. The number of hydrogen-bond donors (Lipinski definition) is 2. The van der Waals surface area contributed by atoms with Gasteiger partial charge in [0.15, 0.2) is 0 Å². The number of halogens is 1. The van der Waals surface area contributed by atoms with Gasteiger partial charge in [0.05, 0.1) is 23.6 Å². The lowest BCUT2D eigenvalue weighted by atomic mass is 10.1. The van der Waals surface area contributed by atoms with Crippen LogP contribution < -0.4 is 5.32 Å². The molecule has 6 heteroatoms. The molecule has 0 aliphatic carbocycles. The van der Waals surface area contributed by atoms with Crippen molar-refractivity contribution in [2.45, 2.75) is 13.8 Å². The molecule has 0 saturated carbocycles. The predicted octanol–water partition coefficient (Wildman–Crippen LogP) is 3.37. The number of anilines is 1. The van der Waals surface area contributed by atoms with E-state index in [9.17, 15) is 9.18 Å². The molecule has 1 amide bonds. The van der Waals surface area contributed by atoms with Crippen LogP contribution in [0.3, 0.4) is 0 Å². The summed E-state index contributed by atoms with van der Waals surface area (Å²) in [4.78, 5) is 15.7. The quantitative estimate of drug-likeness (QED) is 0.729. The number of benzene rings is 1. The maximum absolute atomic E-state index is 13.4. The van der Waals surface area contributed by atoms with Gasteiger partial charge in [-0.05, 0) is 31.6 Å². The zero-order valence-electron chi connectivity index (χ0n) is 12.7. The lowest BCUT2D eigenvalue weighted by molar-refractivity contribution is -0.111. The highest BCUT2D eigenvalue weighted by Gasteiger charge is 2.06. The average Bonchev–Trinajstić information content (AvgIpc) is 2.91. The van der Waals surface area contributed by atoms with Crippen molar-refractivity contribution in [2.24, 2.45) is 0 Å². The second-order valence-electron chi connectivity index (χ2n) is 5.24. The summed E-state index contributed by atoms with van der Waals surface area (Å²) in [6, 6.07) is 5.74. The predicted molar refractivity (Wildman–Crippen MR) is 87.4 cm³/mol. The monoisotopic (exact) mass is 310 g/mol. The Kier molecular flexibility index (Phi) is 3.89. The topological polar surface area (TPSA) is 70.7 Å². The van der Waals surface area contributed by atoms with Crippen LogP contribution in [-0.2, 0) is 4.79 Å². The largest absolute Gasteiger partial charge is 0.321 e. The molecule has 3 aromatic rings. The zero-order chi connectivity index (χ0) is 16.4. The second-order valence-corrected chi connectivity index (χ2v) is 5.24. The minimum atomic E-state index is -0.453. The van der Waals surface area contributed by atoms with E-state index in [1.165, 1.54) is 12.3 Å². The van der Waals surface area contributed by atoms with Crippen LogP contribution in [0.4, 0.5) is 10.1 Å². The molecule has 1 aromatic carbocycles. The fourth-order valence-electron chi connectivity index (χ4n) is 2.24. The molecule has 0 bridgehead atoms. The highest BCUT2D eigenvalue weighted by atomic mass is 19.1. The van der Waals surface area contributed by atoms with E-state index < -0.39 is 5.82 Å². The van der Waals surface area contributed by atoms with Crippen LogP contribution in [0.5, 0.6) is 0 Å². The van der Waals surface area contributed by atoms with Gasteiger partial charge in [0.25, 0.3) is 0 Å². The Hall–Kier alpha value is -3.02. The SMILES string of the molecule is Cc1c(F)cncc1NC(=O)/C=C/c1ccc2c(C)[nH]nc2c1. The number of pyridine rings is 1. The molecule has 2 N–H and O–H groups in total. The second kappa shape index (κ2) is 6.00. The fraction of sp³-hybridized carbons (Fsp3) is 0.118. The van der Waals surface area contributed by atoms with Gasteiger partial charge >= 0.3 is 0 Å². The van der Waals surface area contributed by atoms with Gasteiger partial charge in [0, 0.05) is 22.7 Å². The van der Waals surface area contributed by atoms with E-state index in [4.69, 9.17) is 0 Å². The van der Waals surface area contributed by atoms with Gasteiger partial charge in [0.1, 0.15) is 5.82 Å². The number of H-pyrrole nitrogens is 1. The normalized spacial score (nSPS) is 11.3. The third-order valence-electron chi connectivity index (χ3n) is 3.61. The van der Waals surface area contributed by atoms with Crippen LogP contribution in [-0.4, -0.2) is 21.1 Å². The molecule has 23 heavy (non-hydrogen) atoms. The third kappa shape index (κ3) is 3.11. The number of rotatable bonds is 3. The van der Waals surface area contributed by atoms with Crippen molar-refractivity contribution in [2.75, 3.05) is 5.32 Å².